The van der Waals surface area contributed by atoms with Crippen LogP contribution in [0.15, 0.2) is 4.79 Å². The van der Waals surface area contributed by atoms with E-state index in [1.54, 1.807) is 0 Å². The normalized spacial score (nSPS) is 17.2. The highest BCUT2D eigenvalue weighted by Gasteiger charge is 2.20. The van der Waals surface area contributed by atoms with Crippen molar-refractivity contribution in [2.45, 2.75) is 33.1 Å². The van der Waals surface area contributed by atoms with Crippen LogP contribution in [0.1, 0.15) is 31.0 Å². The number of nitrogens with two attached hydrogens (primary N) is 1. The third-order valence-electron chi connectivity index (χ3n) is 3.81. The van der Waals surface area contributed by atoms with Crippen LogP contribution < -0.4 is 16.2 Å². The second-order valence-electron chi connectivity index (χ2n) is 4.97. The number of aromatic amines is 1. The van der Waals surface area contributed by atoms with Crippen LogP contribution in [-0.2, 0) is 6.42 Å². The summed E-state index contributed by atoms with van der Waals surface area (Å²) in [6.45, 7) is 6.49. The van der Waals surface area contributed by atoms with E-state index in [1.807, 2.05) is 13.8 Å². The first-order chi connectivity index (χ1) is 8.65. The van der Waals surface area contributed by atoms with Crippen molar-refractivity contribution < 1.29 is 0 Å². The highest BCUT2D eigenvalue weighted by atomic mass is 16.1. The molecule has 1 fully saturated rings. The molecule has 1 aromatic rings. The summed E-state index contributed by atoms with van der Waals surface area (Å²) in [6, 6.07) is 0. The minimum atomic E-state index is 0.000878. The quantitative estimate of drug-likeness (QED) is 0.832. The fourth-order valence-electron chi connectivity index (χ4n) is 2.54. The van der Waals surface area contributed by atoms with Gasteiger partial charge in [0.2, 0.25) is 5.95 Å². The third-order valence-corrected chi connectivity index (χ3v) is 3.81. The zero-order chi connectivity index (χ0) is 13.1. The predicted octanol–water partition coefficient (Wildman–Crippen LogP) is 0.816. The van der Waals surface area contributed by atoms with Crippen molar-refractivity contribution in [3.8, 4) is 0 Å². The average Bonchev–Trinajstić information content (AvgIpc) is 2.38. The monoisotopic (exact) mass is 250 g/mol. The molecule has 5 heteroatoms. The molecule has 1 aliphatic heterocycles. The second kappa shape index (κ2) is 5.52. The molecule has 1 aromatic heterocycles. The molecule has 0 spiro atoms. The summed E-state index contributed by atoms with van der Waals surface area (Å²) < 4.78 is 0. The molecule has 5 nitrogen and oxygen atoms in total. The Labute approximate surface area is 107 Å². The number of anilines is 1. The Morgan fingerprint density at radius 2 is 2.11 bits per heavy atom. The van der Waals surface area contributed by atoms with Gasteiger partial charge in [-0.2, -0.15) is 0 Å². The molecular formula is C13H22N4O. The first-order valence-corrected chi connectivity index (χ1v) is 6.70. The SMILES string of the molecule is CCc1c(C)nc(N2CCC(CN)CC2)[nH]c1=O. The molecule has 3 N–H and O–H groups in total. The Morgan fingerprint density at radius 1 is 1.44 bits per heavy atom. The molecule has 0 radical (unpaired) electrons. The predicted molar refractivity (Wildman–Crippen MR) is 73.0 cm³/mol. The topological polar surface area (TPSA) is 75.0 Å². The summed E-state index contributed by atoms with van der Waals surface area (Å²) in [5.41, 5.74) is 7.31. The molecule has 18 heavy (non-hydrogen) atoms. The molecule has 0 aromatic carbocycles. The van der Waals surface area contributed by atoms with Crippen molar-refractivity contribution in [3.63, 3.8) is 0 Å². The molecule has 2 heterocycles. The molecule has 0 atom stereocenters. The number of rotatable bonds is 3. The largest absolute Gasteiger partial charge is 0.342 e. The van der Waals surface area contributed by atoms with Gasteiger partial charge in [-0.15, -0.1) is 0 Å². The van der Waals surface area contributed by atoms with Gasteiger partial charge in [0.15, 0.2) is 0 Å². The molecule has 100 valence electrons. The van der Waals surface area contributed by atoms with Crippen LogP contribution in [0.4, 0.5) is 5.95 Å². The Balaban J connectivity index is 2.18. The van der Waals surface area contributed by atoms with Crippen molar-refractivity contribution in [3.05, 3.63) is 21.6 Å². The summed E-state index contributed by atoms with van der Waals surface area (Å²) in [6.07, 6.45) is 2.88. The molecule has 0 amide bonds. The van der Waals surface area contributed by atoms with Crippen molar-refractivity contribution in [2.24, 2.45) is 11.7 Å². The first-order valence-electron chi connectivity index (χ1n) is 6.70. The number of nitrogens with zero attached hydrogens (tertiary/aromatic N) is 2. The molecular weight excluding hydrogens is 228 g/mol. The van der Waals surface area contributed by atoms with E-state index >= 15 is 0 Å². The second-order valence-corrected chi connectivity index (χ2v) is 4.97. The molecule has 0 saturated carbocycles. The van der Waals surface area contributed by atoms with Gasteiger partial charge in [0.05, 0.1) is 0 Å². The van der Waals surface area contributed by atoms with Crippen LogP contribution in [0.2, 0.25) is 0 Å². The van der Waals surface area contributed by atoms with Gasteiger partial charge in [0.25, 0.3) is 5.56 Å². The molecule has 0 bridgehead atoms. The van der Waals surface area contributed by atoms with Crippen LogP contribution in [0.3, 0.4) is 0 Å². The zero-order valence-electron chi connectivity index (χ0n) is 11.2. The lowest BCUT2D eigenvalue weighted by atomic mass is 9.97. The molecule has 0 unspecified atom stereocenters. The Kier molecular flexibility index (Phi) is 4.01. The van der Waals surface area contributed by atoms with E-state index in [0.29, 0.717) is 11.9 Å². The maximum Gasteiger partial charge on any atom is 0.255 e. The van der Waals surface area contributed by atoms with Gasteiger partial charge in [0.1, 0.15) is 0 Å². The summed E-state index contributed by atoms with van der Waals surface area (Å²) >= 11 is 0. The van der Waals surface area contributed by atoms with E-state index in [-0.39, 0.29) is 5.56 Å². The minimum Gasteiger partial charge on any atom is -0.342 e. The lowest BCUT2D eigenvalue weighted by molar-refractivity contribution is 0.411. The number of aryl methyl sites for hydroxylation is 1. The highest BCUT2D eigenvalue weighted by molar-refractivity contribution is 5.33. The van der Waals surface area contributed by atoms with Gasteiger partial charge in [-0.25, -0.2) is 4.98 Å². The smallest absolute Gasteiger partial charge is 0.255 e. The standard InChI is InChI=1S/C13H22N4O/c1-3-11-9(2)15-13(16-12(11)18)17-6-4-10(8-14)5-7-17/h10H,3-8,14H2,1-2H3,(H,15,16,18). The fourth-order valence-corrected chi connectivity index (χ4v) is 2.54. The van der Waals surface area contributed by atoms with Crippen LogP contribution in [0.25, 0.3) is 0 Å². The van der Waals surface area contributed by atoms with E-state index in [1.165, 1.54) is 0 Å². The van der Waals surface area contributed by atoms with Crippen molar-refractivity contribution >= 4 is 5.95 Å². The Bertz CT molecular complexity index is 461. The van der Waals surface area contributed by atoms with Gasteiger partial charge in [-0.1, -0.05) is 6.92 Å². The number of hydrogen-bond acceptors (Lipinski definition) is 4. The van der Waals surface area contributed by atoms with E-state index in [0.717, 1.165) is 50.2 Å². The van der Waals surface area contributed by atoms with Crippen LogP contribution >= 0.6 is 0 Å². The number of aromatic nitrogens is 2. The van der Waals surface area contributed by atoms with E-state index in [2.05, 4.69) is 14.9 Å². The fraction of sp³-hybridized carbons (Fsp3) is 0.692. The summed E-state index contributed by atoms with van der Waals surface area (Å²) in [5.74, 6) is 1.33. The zero-order valence-corrected chi connectivity index (χ0v) is 11.2. The lowest BCUT2D eigenvalue weighted by Gasteiger charge is -2.31. The highest BCUT2D eigenvalue weighted by Crippen LogP contribution is 2.19. The number of nitrogens with one attached hydrogen (secondary N) is 1. The van der Waals surface area contributed by atoms with Gasteiger partial charge < -0.3 is 10.6 Å². The van der Waals surface area contributed by atoms with Crippen molar-refractivity contribution in [1.82, 2.24) is 9.97 Å². The van der Waals surface area contributed by atoms with E-state index in [9.17, 15) is 4.79 Å². The minimum absolute atomic E-state index is 0.000878. The molecule has 2 rings (SSSR count). The summed E-state index contributed by atoms with van der Waals surface area (Å²) in [7, 11) is 0. The first kappa shape index (κ1) is 13.1. The third kappa shape index (κ3) is 2.56. The van der Waals surface area contributed by atoms with Gasteiger partial charge in [-0.3, -0.25) is 9.78 Å². The van der Waals surface area contributed by atoms with Gasteiger partial charge >= 0.3 is 0 Å². The number of H-pyrrole nitrogens is 1. The van der Waals surface area contributed by atoms with Gasteiger partial charge in [0, 0.05) is 24.3 Å². The molecule has 1 saturated heterocycles. The summed E-state index contributed by atoms with van der Waals surface area (Å²) in [4.78, 5) is 21.5. The van der Waals surface area contributed by atoms with Crippen LogP contribution in [0, 0.1) is 12.8 Å². The van der Waals surface area contributed by atoms with Gasteiger partial charge in [-0.05, 0) is 38.6 Å². The number of piperidine rings is 1. The van der Waals surface area contributed by atoms with Crippen LogP contribution in [0.5, 0.6) is 0 Å². The lowest BCUT2D eigenvalue weighted by Crippen LogP contribution is -2.38. The molecule has 1 aliphatic rings. The van der Waals surface area contributed by atoms with Crippen molar-refractivity contribution in [1.29, 1.82) is 0 Å². The van der Waals surface area contributed by atoms with Crippen LogP contribution in [-0.4, -0.2) is 29.6 Å². The maximum atomic E-state index is 11.9. The van der Waals surface area contributed by atoms with E-state index in [4.69, 9.17) is 5.73 Å². The Hall–Kier alpha value is -1.36. The molecule has 0 aliphatic carbocycles. The average molecular weight is 250 g/mol. The number of hydrogen-bond donors (Lipinski definition) is 2. The summed E-state index contributed by atoms with van der Waals surface area (Å²) in [5, 5.41) is 0. The maximum absolute atomic E-state index is 11.9. The Morgan fingerprint density at radius 3 is 2.61 bits per heavy atom. The van der Waals surface area contributed by atoms with E-state index < -0.39 is 0 Å². The van der Waals surface area contributed by atoms with Crippen molar-refractivity contribution in [2.75, 3.05) is 24.5 Å².